The molecule has 0 fully saturated rings. The molecule has 3 nitrogen and oxygen atoms in total. The Balaban J connectivity index is 2.25. The van der Waals surface area contributed by atoms with Crippen molar-refractivity contribution in [2.45, 2.75) is 32.2 Å². The van der Waals surface area contributed by atoms with Gasteiger partial charge in [-0.05, 0) is 30.2 Å². The van der Waals surface area contributed by atoms with Crippen LogP contribution < -0.4 is 0 Å². The third kappa shape index (κ3) is 3.01. The fraction of sp³-hybridized carbons (Fsp3) is 0.357. The molecule has 108 valence electrons. The van der Waals surface area contributed by atoms with Crippen LogP contribution in [-0.2, 0) is 12.7 Å². The van der Waals surface area contributed by atoms with E-state index in [0.717, 1.165) is 18.6 Å². The van der Waals surface area contributed by atoms with Crippen LogP contribution in [0.25, 0.3) is 0 Å². The summed E-state index contributed by atoms with van der Waals surface area (Å²) < 4.78 is 39.1. The molecule has 1 aromatic carbocycles. The molecule has 2 aromatic rings. The molecule has 0 saturated heterocycles. The second kappa shape index (κ2) is 5.66. The average Bonchev–Trinajstić information content (AvgIpc) is 2.86. The Morgan fingerprint density at radius 1 is 1.20 bits per heavy atom. The van der Waals surface area contributed by atoms with Crippen molar-refractivity contribution in [3.63, 3.8) is 0 Å². The third-order valence-corrected chi connectivity index (χ3v) is 3.02. The van der Waals surface area contributed by atoms with Crippen LogP contribution >= 0.6 is 0 Å². The minimum atomic E-state index is -4.37. The first-order valence-corrected chi connectivity index (χ1v) is 6.30. The molecule has 2 rings (SSSR count). The van der Waals surface area contributed by atoms with Gasteiger partial charge < -0.3 is 5.11 Å². The van der Waals surface area contributed by atoms with Gasteiger partial charge in [0.2, 0.25) is 0 Å². The SMILES string of the molecule is CCCn1nccc1C(O)c1ccc(C(F)(F)F)cc1. The summed E-state index contributed by atoms with van der Waals surface area (Å²) >= 11 is 0. The Kier molecular flexibility index (Phi) is 4.13. The molecular formula is C14H15F3N2O. The lowest BCUT2D eigenvalue weighted by molar-refractivity contribution is -0.137. The predicted octanol–water partition coefficient (Wildman–Crippen LogP) is 3.39. The van der Waals surface area contributed by atoms with Gasteiger partial charge in [0.15, 0.2) is 0 Å². The highest BCUT2D eigenvalue weighted by molar-refractivity contribution is 5.30. The van der Waals surface area contributed by atoms with E-state index >= 15 is 0 Å². The number of hydrogen-bond donors (Lipinski definition) is 1. The Morgan fingerprint density at radius 2 is 1.85 bits per heavy atom. The van der Waals surface area contributed by atoms with E-state index in [2.05, 4.69) is 5.10 Å². The highest BCUT2D eigenvalue weighted by Crippen LogP contribution is 2.30. The normalized spacial score (nSPS) is 13.4. The molecule has 1 aromatic heterocycles. The number of hydrogen-bond acceptors (Lipinski definition) is 2. The van der Waals surface area contributed by atoms with Crippen molar-refractivity contribution in [1.82, 2.24) is 9.78 Å². The zero-order valence-electron chi connectivity index (χ0n) is 10.9. The summed E-state index contributed by atoms with van der Waals surface area (Å²) in [6, 6.07) is 6.18. The van der Waals surface area contributed by atoms with E-state index in [1.807, 2.05) is 6.92 Å². The van der Waals surface area contributed by atoms with Crippen molar-refractivity contribution in [1.29, 1.82) is 0 Å². The number of rotatable bonds is 4. The second-order valence-corrected chi connectivity index (χ2v) is 4.50. The molecule has 0 saturated carbocycles. The highest BCUT2D eigenvalue weighted by atomic mass is 19.4. The van der Waals surface area contributed by atoms with Crippen molar-refractivity contribution >= 4 is 0 Å². The molecule has 0 amide bonds. The van der Waals surface area contributed by atoms with Crippen LogP contribution in [0.5, 0.6) is 0 Å². The molecule has 0 spiro atoms. The van der Waals surface area contributed by atoms with Gasteiger partial charge in [-0.15, -0.1) is 0 Å². The molecule has 0 aliphatic carbocycles. The summed E-state index contributed by atoms with van der Waals surface area (Å²) in [4.78, 5) is 0. The van der Waals surface area contributed by atoms with E-state index in [-0.39, 0.29) is 0 Å². The highest BCUT2D eigenvalue weighted by Gasteiger charge is 2.30. The molecule has 0 bridgehead atoms. The molecule has 0 aliphatic heterocycles. The second-order valence-electron chi connectivity index (χ2n) is 4.50. The van der Waals surface area contributed by atoms with Crippen LogP contribution in [0, 0.1) is 0 Å². The van der Waals surface area contributed by atoms with Crippen LogP contribution in [0.1, 0.15) is 36.3 Å². The van der Waals surface area contributed by atoms with Crippen LogP contribution in [0.3, 0.4) is 0 Å². The van der Waals surface area contributed by atoms with Gasteiger partial charge in [-0.3, -0.25) is 4.68 Å². The van der Waals surface area contributed by atoms with E-state index in [4.69, 9.17) is 0 Å². The summed E-state index contributed by atoms with van der Waals surface area (Å²) in [5, 5.41) is 14.3. The molecule has 1 heterocycles. The minimum absolute atomic E-state index is 0.413. The fourth-order valence-corrected chi connectivity index (χ4v) is 2.00. The lowest BCUT2D eigenvalue weighted by atomic mass is 10.0. The number of aliphatic hydroxyl groups is 1. The molecule has 0 radical (unpaired) electrons. The molecule has 0 aliphatic rings. The smallest absolute Gasteiger partial charge is 0.382 e. The topological polar surface area (TPSA) is 38.0 Å². The van der Waals surface area contributed by atoms with Gasteiger partial charge in [0.05, 0.1) is 11.3 Å². The Bertz CT molecular complexity index is 561. The number of aryl methyl sites for hydroxylation is 1. The van der Waals surface area contributed by atoms with E-state index in [1.165, 1.54) is 12.1 Å². The molecule has 1 N–H and O–H groups in total. The first-order valence-electron chi connectivity index (χ1n) is 6.30. The first kappa shape index (κ1) is 14.6. The lowest BCUT2D eigenvalue weighted by Gasteiger charge is -2.14. The first-order chi connectivity index (χ1) is 9.43. The molecule has 6 heteroatoms. The van der Waals surface area contributed by atoms with Crippen molar-refractivity contribution in [3.05, 3.63) is 53.3 Å². The van der Waals surface area contributed by atoms with Gasteiger partial charge in [0.1, 0.15) is 6.10 Å². The fourth-order valence-electron chi connectivity index (χ4n) is 2.00. The van der Waals surface area contributed by atoms with Gasteiger partial charge in [0, 0.05) is 12.7 Å². The van der Waals surface area contributed by atoms with Crippen molar-refractivity contribution < 1.29 is 18.3 Å². The number of alkyl halides is 3. The van der Waals surface area contributed by atoms with Gasteiger partial charge >= 0.3 is 6.18 Å². The predicted molar refractivity (Wildman–Crippen MR) is 68.0 cm³/mol. The number of aliphatic hydroxyl groups excluding tert-OH is 1. The molecule has 20 heavy (non-hydrogen) atoms. The van der Waals surface area contributed by atoms with Crippen molar-refractivity contribution in [2.75, 3.05) is 0 Å². The standard InChI is InChI=1S/C14H15F3N2O/c1-2-9-19-12(7-8-18-19)13(20)10-3-5-11(6-4-10)14(15,16)17/h3-8,13,20H,2,9H2,1H3. The van der Waals surface area contributed by atoms with E-state index < -0.39 is 17.8 Å². The largest absolute Gasteiger partial charge is 0.416 e. The maximum atomic E-state index is 12.5. The van der Waals surface area contributed by atoms with Gasteiger partial charge in [0.25, 0.3) is 0 Å². The maximum absolute atomic E-state index is 12.5. The average molecular weight is 284 g/mol. The Hall–Kier alpha value is -1.82. The summed E-state index contributed by atoms with van der Waals surface area (Å²) in [5.74, 6) is 0. The van der Waals surface area contributed by atoms with Gasteiger partial charge in [-0.1, -0.05) is 19.1 Å². The minimum Gasteiger partial charge on any atom is -0.382 e. The molecule has 1 unspecified atom stereocenters. The monoisotopic (exact) mass is 284 g/mol. The van der Waals surface area contributed by atoms with Crippen LogP contribution in [0.4, 0.5) is 13.2 Å². The molecular weight excluding hydrogens is 269 g/mol. The number of benzene rings is 1. The number of halogens is 3. The summed E-state index contributed by atoms with van der Waals surface area (Å²) in [5.41, 5.74) is 0.262. The zero-order valence-corrected chi connectivity index (χ0v) is 10.9. The zero-order chi connectivity index (χ0) is 14.8. The van der Waals surface area contributed by atoms with Crippen LogP contribution in [0.15, 0.2) is 36.5 Å². The number of nitrogens with zero attached hydrogens (tertiary/aromatic N) is 2. The van der Waals surface area contributed by atoms with Crippen LogP contribution in [-0.4, -0.2) is 14.9 Å². The quantitative estimate of drug-likeness (QED) is 0.934. The van der Waals surface area contributed by atoms with E-state index in [0.29, 0.717) is 17.8 Å². The summed E-state index contributed by atoms with van der Waals surface area (Å²) in [6.45, 7) is 2.63. The van der Waals surface area contributed by atoms with Crippen molar-refractivity contribution in [2.24, 2.45) is 0 Å². The van der Waals surface area contributed by atoms with E-state index in [9.17, 15) is 18.3 Å². The Morgan fingerprint density at radius 3 is 2.40 bits per heavy atom. The Labute approximate surface area is 114 Å². The van der Waals surface area contributed by atoms with Crippen LogP contribution in [0.2, 0.25) is 0 Å². The number of aromatic nitrogens is 2. The third-order valence-electron chi connectivity index (χ3n) is 3.02. The van der Waals surface area contributed by atoms with Gasteiger partial charge in [-0.25, -0.2) is 0 Å². The van der Waals surface area contributed by atoms with Crippen molar-refractivity contribution in [3.8, 4) is 0 Å². The van der Waals surface area contributed by atoms with Gasteiger partial charge in [-0.2, -0.15) is 18.3 Å². The summed E-state index contributed by atoms with van der Waals surface area (Å²) in [6.07, 6.45) is -2.92. The van der Waals surface area contributed by atoms with E-state index in [1.54, 1.807) is 16.9 Å². The summed E-state index contributed by atoms with van der Waals surface area (Å²) in [7, 11) is 0. The molecule has 1 atom stereocenters. The maximum Gasteiger partial charge on any atom is 0.416 e. The lowest BCUT2D eigenvalue weighted by Crippen LogP contribution is -2.11.